The molecule has 1 aromatic carbocycles. The zero-order valence-corrected chi connectivity index (χ0v) is 20.7. The molecule has 4 heterocycles. The Hall–Kier alpha value is -2.72. The maximum absolute atomic E-state index is 11.9. The molecular weight excluding hydrogens is 462 g/mol. The molecule has 0 aliphatic carbocycles. The molecule has 0 bridgehead atoms. The highest BCUT2D eigenvalue weighted by Gasteiger charge is 2.23. The average molecular weight is 494 g/mol. The fraction of sp³-hybridized carbons (Fsp3) is 0.423. The van der Waals surface area contributed by atoms with Gasteiger partial charge in [0.25, 0.3) is 0 Å². The summed E-state index contributed by atoms with van der Waals surface area (Å²) in [6, 6.07) is 10.1. The van der Waals surface area contributed by atoms with Crippen LogP contribution < -0.4 is 15.4 Å². The molecule has 2 aliphatic heterocycles. The van der Waals surface area contributed by atoms with Crippen molar-refractivity contribution in [3.8, 4) is 5.75 Å². The van der Waals surface area contributed by atoms with Crippen molar-refractivity contribution in [2.75, 3.05) is 37.8 Å². The van der Waals surface area contributed by atoms with Crippen molar-refractivity contribution >= 4 is 34.3 Å². The number of hydrogen-bond acceptors (Lipinski definition) is 8. The minimum atomic E-state index is -0.587. The lowest BCUT2D eigenvalue weighted by molar-refractivity contribution is -0.115. The number of likely N-dealkylation sites (tertiary alicyclic amines) is 1. The van der Waals surface area contributed by atoms with E-state index in [0.29, 0.717) is 19.0 Å². The second-order valence-electron chi connectivity index (χ2n) is 9.10. The summed E-state index contributed by atoms with van der Waals surface area (Å²) >= 11 is 1.62. The van der Waals surface area contributed by atoms with Gasteiger partial charge >= 0.3 is 0 Å². The number of anilines is 1. The van der Waals surface area contributed by atoms with Gasteiger partial charge < -0.3 is 25.4 Å². The van der Waals surface area contributed by atoms with Gasteiger partial charge in [-0.25, -0.2) is 4.98 Å². The number of fused-ring (bicyclic) bond motifs is 2. The first kappa shape index (κ1) is 24.0. The van der Waals surface area contributed by atoms with Crippen LogP contribution in [0.25, 0.3) is 10.9 Å². The highest BCUT2D eigenvalue weighted by atomic mass is 32.2. The van der Waals surface area contributed by atoms with Gasteiger partial charge in [0.1, 0.15) is 10.8 Å². The third-order valence-electron chi connectivity index (χ3n) is 6.70. The van der Waals surface area contributed by atoms with E-state index in [-0.39, 0.29) is 5.91 Å². The number of nitrogens with one attached hydrogen (secondary N) is 2. The molecule has 3 N–H and O–H groups in total. The van der Waals surface area contributed by atoms with E-state index in [1.54, 1.807) is 25.1 Å². The van der Waals surface area contributed by atoms with Crippen molar-refractivity contribution in [3.05, 3.63) is 53.9 Å². The van der Waals surface area contributed by atoms with Crippen LogP contribution in [0.15, 0.2) is 47.8 Å². The highest BCUT2D eigenvalue weighted by Crippen LogP contribution is 2.30. The normalized spacial score (nSPS) is 18.1. The highest BCUT2D eigenvalue weighted by molar-refractivity contribution is 7.99. The number of pyridine rings is 2. The van der Waals surface area contributed by atoms with Crippen LogP contribution in [0.2, 0.25) is 0 Å². The Morgan fingerprint density at radius 2 is 2.11 bits per heavy atom. The van der Waals surface area contributed by atoms with Crippen molar-refractivity contribution in [3.63, 3.8) is 0 Å². The lowest BCUT2D eigenvalue weighted by atomic mass is 10.0. The molecule has 2 aromatic heterocycles. The quantitative estimate of drug-likeness (QED) is 0.461. The maximum atomic E-state index is 11.9. The molecule has 1 amide bonds. The summed E-state index contributed by atoms with van der Waals surface area (Å²) < 4.78 is 5.36. The molecule has 0 spiro atoms. The Balaban J connectivity index is 1.14. The number of nitrogens with zero attached hydrogens (tertiary/aromatic N) is 3. The Kier molecular flexibility index (Phi) is 7.48. The minimum Gasteiger partial charge on any atom is -0.497 e. The number of ether oxygens (including phenoxy) is 1. The number of carbonyl (C=O) groups is 1. The van der Waals surface area contributed by atoms with Crippen molar-refractivity contribution < 1.29 is 14.6 Å². The average Bonchev–Trinajstić information content (AvgIpc) is 3.07. The number of rotatable bonds is 7. The molecule has 5 rings (SSSR count). The van der Waals surface area contributed by atoms with Crippen LogP contribution >= 0.6 is 11.8 Å². The number of carbonyl (C=O) groups excluding carboxylic acids is 1. The third-order valence-corrected chi connectivity index (χ3v) is 7.71. The molecule has 3 aromatic rings. The molecule has 8 nitrogen and oxygen atoms in total. The molecule has 0 unspecified atom stereocenters. The number of thioether (sulfide) groups is 1. The number of piperidine rings is 1. The van der Waals surface area contributed by atoms with E-state index < -0.39 is 6.10 Å². The first-order valence-electron chi connectivity index (χ1n) is 12.1. The van der Waals surface area contributed by atoms with Gasteiger partial charge in [0.2, 0.25) is 5.91 Å². The first-order chi connectivity index (χ1) is 17.1. The largest absolute Gasteiger partial charge is 0.497 e. The number of aromatic nitrogens is 2. The summed E-state index contributed by atoms with van der Waals surface area (Å²) in [5, 5.41) is 19.5. The zero-order valence-electron chi connectivity index (χ0n) is 19.9. The monoisotopic (exact) mass is 493 g/mol. The number of hydrogen-bond donors (Lipinski definition) is 3. The molecule has 0 radical (unpaired) electrons. The molecule has 2 aliphatic rings. The molecular formula is C26H31N5O3S. The number of aliphatic hydroxyl groups excluding tert-OH is 1. The molecule has 0 saturated carbocycles. The third kappa shape index (κ3) is 5.75. The van der Waals surface area contributed by atoms with Gasteiger partial charge in [-0.15, -0.1) is 11.8 Å². The maximum Gasteiger partial charge on any atom is 0.225 e. The fourth-order valence-electron chi connectivity index (χ4n) is 4.74. The van der Waals surface area contributed by atoms with E-state index >= 15 is 0 Å². The summed E-state index contributed by atoms with van der Waals surface area (Å²) in [6.45, 7) is 3.17. The van der Waals surface area contributed by atoms with Crippen LogP contribution in [0.3, 0.4) is 0 Å². The van der Waals surface area contributed by atoms with E-state index in [1.165, 1.54) is 0 Å². The Bertz CT molecular complexity index is 1200. The number of β-amino-alcohol motifs (C(OH)–C–C–N with tert-alkyl or cyclic N) is 1. The minimum absolute atomic E-state index is 0.0524. The number of amides is 1. The summed E-state index contributed by atoms with van der Waals surface area (Å²) in [4.78, 5) is 23.1. The summed E-state index contributed by atoms with van der Waals surface area (Å²) in [5.74, 6) is 1.58. The van der Waals surface area contributed by atoms with Crippen LogP contribution in [0.4, 0.5) is 5.69 Å². The second kappa shape index (κ2) is 10.9. The smallest absolute Gasteiger partial charge is 0.225 e. The predicted molar refractivity (Wildman–Crippen MR) is 138 cm³/mol. The van der Waals surface area contributed by atoms with Gasteiger partial charge in [0.05, 0.1) is 24.4 Å². The first-order valence-corrected chi connectivity index (χ1v) is 13.1. The summed E-state index contributed by atoms with van der Waals surface area (Å²) in [5.41, 5.74) is 3.64. The van der Waals surface area contributed by atoms with Crippen LogP contribution in [-0.2, 0) is 11.3 Å². The summed E-state index contributed by atoms with van der Waals surface area (Å²) in [7, 11) is 1.64. The predicted octanol–water partition coefficient (Wildman–Crippen LogP) is 3.36. The van der Waals surface area contributed by atoms with Crippen LogP contribution in [0.5, 0.6) is 5.75 Å². The summed E-state index contributed by atoms with van der Waals surface area (Å²) in [6.07, 6.45) is 5.62. The molecule has 1 atom stereocenters. The SMILES string of the molecule is COc1ccc2nccc([C@@H](O)CN3CCC(NCc4cnc5c(c4)NC(=O)CCS5)CC3)c2c1. The van der Waals surface area contributed by atoms with E-state index in [2.05, 4.69) is 25.5 Å². The second-order valence-corrected chi connectivity index (χ2v) is 10.2. The Morgan fingerprint density at radius 1 is 1.26 bits per heavy atom. The van der Waals surface area contributed by atoms with Gasteiger partial charge in [-0.1, -0.05) is 0 Å². The van der Waals surface area contributed by atoms with E-state index in [1.807, 2.05) is 36.5 Å². The number of methoxy groups -OCH3 is 1. The molecule has 9 heteroatoms. The zero-order chi connectivity index (χ0) is 24.2. The van der Waals surface area contributed by atoms with Gasteiger partial charge in [0, 0.05) is 49.1 Å². The van der Waals surface area contributed by atoms with Crippen LogP contribution in [0.1, 0.15) is 36.5 Å². The molecule has 1 saturated heterocycles. The Morgan fingerprint density at radius 3 is 2.94 bits per heavy atom. The topological polar surface area (TPSA) is 99.6 Å². The molecule has 1 fully saturated rings. The van der Waals surface area contributed by atoms with Crippen LogP contribution in [-0.4, -0.2) is 64.4 Å². The van der Waals surface area contributed by atoms with E-state index in [9.17, 15) is 9.90 Å². The standard InChI is InChI=1S/C26H31N5O3S/c1-34-19-2-3-22-21(13-19)20(4-8-27-22)24(32)16-31-9-5-18(6-10-31)28-14-17-12-23-26(29-15-17)35-11-7-25(33)30-23/h2-4,8,12-13,15,18,24,28,32H,5-7,9-11,14,16H2,1H3,(H,30,33)/t24-/m0/s1. The molecule has 35 heavy (non-hydrogen) atoms. The number of aliphatic hydroxyl groups is 1. The van der Waals surface area contributed by atoms with Gasteiger partial charge in [-0.05, 0) is 67.4 Å². The van der Waals surface area contributed by atoms with Crippen LogP contribution in [0, 0.1) is 0 Å². The van der Waals surface area contributed by atoms with Crippen molar-refractivity contribution in [1.29, 1.82) is 0 Å². The lowest BCUT2D eigenvalue weighted by Crippen LogP contribution is -2.43. The lowest BCUT2D eigenvalue weighted by Gasteiger charge is -2.33. The van der Waals surface area contributed by atoms with Gasteiger partial charge in [-0.3, -0.25) is 9.78 Å². The van der Waals surface area contributed by atoms with E-state index in [0.717, 1.165) is 76.7 Å². The Labute approximate surface area is 209 Å². The van der Waals surface area contributed by atoms with Crippen molar-refractivity contribution in [2.45, 2.75) is 43.0 Å². The van der Waals surface area contributed by atoms with Gasteiger partial charge in [-0.2, -0.15) is 0 Å². The fourth-order valence-corrected chi connectivity index (χ4v) is 5.61. The van der Waals surface area contributed by atoms with Gasteiger partial charge in [0.15, 0.2) is 0 Å². The van der Waals surface area contributed by atoms with Crippen molar-refractivity contribution in [1.82, 2.24) is 20.2 Å². The van der Waals surface area contributed by atoms with E-state index in [4.69, 9.17) is 4.74 Å². The molecule has 184 valence electrons. The van der Waals surface area contributed by atoms with Crippen molar-refractivity contribution in [2.24, 2.45) is 0 Å². The number of benzene rings is 1.